The Hall–Kier alpha value is -0.920. The van der Waals surface area contributed by atoms with Crippen molar-refractivity contribution in [1.82, 2.24) is 9.97 Å². The molecule has 0 aromatic carbocycles. The Morgan fingerprint density at radius 1 is 1.53 bits per heavy atom. The van der Waals surface area contributed by atoms with Gasteiger partial charge in [-0.2, -0.15) is 4.98 Å². The summed E-state index contributed by atoms with van der Waals surface area (Å²) in [4.78, 5) is 8.01. The van der Waals surface area contributed by atoms with Crippen LogP contribution in [0, 0.1) is 0 Å². The van der Waals surface area contributed by atoms with Crippen LogP contribution in [0.2, 0.25) is 0 Å². The topological polar surface area (TPSA) is 82.3 Å². The Bertz CT molecular complexity index is 373. The van der Waals surface area contributed by atoms with E-state index in [4.69, 9.17) is 15.3 Å². The smallest absolute Gasteiger partial charge is 0.240 e. The number of nitrogens with two attached hydrogens (primary N) is 1. The van der Waals surface area contributed by atoms with Crippen molar-refractivity contribution in [2.75, 3.05) is 19.1 Å². The molecule has 0 atom stereocenters. The van der Waals surface area contributed by atoms with E-state index in [2.05, 4.69) is 31.3 Å². The molecule has 0 radical (unpaired) electrons. The first kappa shape index (κ1) is 14.1. The molecule has 3 N–H and O–H groups in total. The zero-order chi connectivity index (χ0) is 12.9. The molecule has 0 saturated carbocycles. The van der Waals surface area contributed by atoms with Crippen LogP contribution in [0.1, 0.15) is 20.3 Å². The third-order valence-corrected chi connectivity index (χ3v) is 2.88. The number of hydrogen-bond donors (Lipinski definition) is 2. The van der Waals surface area contributed by atoms with Crippen LogP contribution in [-0.2, 0) is 4.74 Å². The predicted molar refractivity (Wildman–Crippen MR) is 68.7 cm³/mol. The fourth-order valence-corrected chi connectivity index (χ4v) is 1.32. The Morgan fingerprint density at radius 2 is 2.24 bits per heavy atom. The molecule has 96 valence electrons. The monoisotopic (exact) mass is 304 g/mol. The first-order valence-electron chi connectivity index (χ1n) is 5.15. The van der Waals surface area contributed by atoms with E-state index in [-0.39, 0.29) is 5.60 Å². The summed E-state index contributed by atoms with van der Waals surface area (Å²) in [6.07, 6.45) is 2.34. The number of rotatable bonds is 6. The van der Waals surface area contributed by atoms with Gasteiger partial charge >= 0.3 is 0 Å². The molecule has 0 fully saturated rings. The van der Waals surface area contributed by atoms with E-state index in [1.165, 1.54) is 0 Å². The van der Waals surface area contributed by atoms with E-state index < -0.39 is 0 Å². The number of methoxy groups -OCH3 is 1. The molecule has 0 unspecified atom stereocenters. The lowest BCUT2D eigenvalue weighted by Gasteiger charge is -2.22. The molecule has 0 spiro atoms. The Labute approximate surface area is 109 Å². The normalized spacial score (nSPS) is 11.4. The number of aromatic nitrogens is 2. The van der Waals surface area contributed by atoms with Gasteiger partial charge in [-0.1, -0.05) is 0 Å². The summed E-state index contributed by atoms with van der Waals surface area (Å²) in [6.45, 7) is 4.50. The molecular weight excluding hydrogens is 288 g/mol. The van der Waals surface area contributed by atoms with Crippen molar-refractivity contribution >= 4 is 21.9 Å². The first-order chi connectivity index (χ1) is 7.98. The van der Waals surface area contributed by atoms with Crippen molar-refractivity contribution < 1.29 is 9.47 Å². The molecule has 1 heterocycles. The standard InChI is InChI=1S/C10H17BrN4O2/c1-10(2,16-3)4-5-17-8-7(11)6-13-9(14-8)15-12/h6H,4-5,12H2,1-3H3,(H,13,14,15). The lowest BCUT2D eigenvalue weighted by Crippen LogP contribution is -2.25. The van der Waals surface area contributed by atoms with E-state index in [0.29, 0.717) is 22.9 Å². The zero-order valence-electron chi connectivity index (χ0n) is 10.2. The van der Waals surface area contributed by atoms with Gasteiger partial charge in [0, 0.05) is 13.5 Å². The molecule has 7 heteroatoms. The number of nitrogens with zero attached hydrogens (tertiary/aromatic N) is 2. The van der Waals surface area contributed by atoms with Gasteiger partial charge in [0.15, 0.2) is 0 Å². The highest BCUT2D eigenvalue weighted by Gasteiger charge is 2.16. The van der Waals surface area contributed by atoms with Gasteiger partial charge < -0.3 is 9.47 Å². The van der Waals surface area contributed by atoms with Crippen molar-refractivity contribution in [2.45, 2.75) is 25.9 Å². The molecule has 0 bridgehead atoms. The van der Waals surface area contributed by atoms with Crippen LogP contribution >= 0.6 is 15.9 Å². The summed E-state index contributed by atoms with van der Waals surface area (Å²) >= 11 is 3.31. The maximum Gasteiger partial charge on any atom is 0.240 e. The maximum atomic E-state index is 5.54. The van der Waals surface area contributed by atoms with E-state index in [0.717, 1.165) is 6.42 Å². The summed E-state index contributed by atoms with van der Waals surface area (Å²) in [5, 5.41) is 0. The molecule has 6 nitrogen and oxygen atoms in total. The van der Waals surface area contributed by atoms with Crippen molar-refractivity contribution in [1.29, 1.82) is 0 Å². The number of nitrogens with one attached hydrogen (secondary N) is 1. The second-order valence-electron chi connectivity index (χ2n) is 4.05. The van der Waals surface area contributed by atoms with Gasteiger partial charge in [-0.05, 0) is 29.8 Å². The van der Waals surface area contributed by atoms with Crippen LogP contribution in [0.5, 0.6) is 5.88 Å². The van der Waals surface area contributed by atoms with Gasteiger partial charge in [-0.3, -0.25) is 5.43 Å². The Morgan fingerprint density at radius 3 is 2.82 bits per heavy atom. The van der Waals surface area contributed by atoms with Gasteiger partial charge in [0.25, 0.3) is 0 Å². The number of hydrazine groups is 1. The highest BCUT2D eigenvalue weighted by atomic mass is 79.9. The van der Waals surface area contributed by atoms with Crippen molar-refractivity contribution in [3.8, 4) is 5.88 Å². The molecule has 0 aliphatic carbocycles. The summed E-state index contributed by atoms with van der Waals surface area (Å²) < 4.78 is 11.5. The largest absolute Gasteiger partial charge is 0.477 e. The fourth-order valence-electron chi connectivity index (χ4n) is 1.02. The molecule has 17 heavy (non-hydrogen) atoms. The number of ether oxygens (including phenoxy) is 2. The van der Waals surface area contributed by atoms with Crippen LogP contribution in [0.3, 0.4) is 0 Å². The van der Waals surface area contributed by atoms with Crippen LogP contribution in [-0.4, -0.2) is 29.3 Å². The summed E-state index contributed by atoms with van der Waals surface area (Å²) in [7, 11) is 1.68. The van der Waals surface area contributed by atoms with Crippen LogP contribution in [0.25, 0.3) is 0 Å². The third-order valence-electron chi connectivity index (χ3n) is 2.34. The third kappa shape index (κ3) is 4.45. The average Bonchev–Trinajstić information content (AvgIpc) is 2.31. The molecular formula is C10H17BrN4O2. The summed E-state index contributed by atoms with van der Waals surface area (Å²) in [5.41, 5.74) is 2.15. The number of hydrogen-bond acceptors (Lipinski definition) is 6. The molecule has 0 aliphatic heterocycles. The predicted octanol–water partition coefficient (Wildman–Crippen LogP) is 1.72. The van der Waals surface area contributed by atoms with Gasteiger partial charge in [0.2, 0.25) is 11.8 Å². The van der Waals surface area contributed by atoms with E-state index in [1.54, 1.807) is 13.3 Å². The minimum Gasteiger partial charge on any atom is -0.477 e. The minimum absolute atomic E-state index is 0.214. The summed E-state index contributed by atoms with van der Waals surface area (Å²) in [6, 6.07) is 0. The minimum atomic E-state index is -0.214. The number of anilines is 1. The number of nitrogen functional groups attached to an aromatic ring is 1. The van der Waals surface area contributed by atoms with Crippen LogP contribution < -0.4 is 16.0 Å². The quantitative estimate of drug-likeness (QED) is 0.615. The Balaban J connectivity index is 2.57. The summed E-state index contributed by atoms with van der Waals surface area (Å²) in [5.74, 6) is 5.99. The van der Waals surface area contributed by atoms with Crippen molar-refractivity contribution in [3.63, 3.8) is 0 Å². The van der Waals surface area contributed by atoms with Crippen LogP contribution in [0.15, 0.2) is 10.7 Å². The average molecular weight is 305 g/mol. The van der Waals surface area contributed by atoms with Gasteiger partial charge in [-0.15, -0.1) is 0 Å². The molecule has 1 rings (SSSR count). The lowest BCUT2D eigenvalue weighted by molar-refractivity contribution is 0.00502. The first-order valence-corrected chi connectivity index (χ1v) is 5.95. The number of halogens is 1. The van der Waals surface area contributed by atoms with Crippen LogP contribution in [0.4, 0.5) is 5.95 Å². The zero-order valence-corrected chi connectivity index (χ0v) is 11.7. The lowest BCUT2D eigenvalue weighted by atomic mass is 10.1. The van der Waals surface area contributed by atoms with Crippen molar-refractivity contribution in [2.24, 2.45) is 5.84 Å². The highest BCUT2D eigenvalue weighted by Crippen LogP contribution is 2.23. The van der Waals surface area contributed by atoms with Gasteiger partial charge in [0.05, 0.1) is 22.9 Å². The molecule has 0 saturated heterocycles. The second kappa shape index (κ2) is 6.13. The maximum absolute atomic E-state index is 5.54. The second-order valence-corrected chi connectivity index (χ2v) is 4.91. The van der Waals surface area contributed by atoms with Gasteiger partial charge in [-0.25, -0.2) is 10.8 Å². The highest BCUT2D eigenvalue weighted by molar-refractivity contribution is 9.10. The van der Waals surface area contributed by atoms with E-state index in [9.17, 15) is 0 Å². The Kier molecular flexibility index (Phi) is 5.10. The van der Waals surface area contributed by atoms with Gasteiger partial charge in [0.1, 0.15) is 0 Å². The molecule has 0 aliphatic rings. The molecule has 1 aromatic heterocycles. The van der Waals surface area contributed by atoms with E-state index >= 15 is 0 Å². The van der Waals surface area contributed by atoms with Crippen molar-refractivity contribution in [3.05, 3.63) is 10.7 Å². The molecule has 0 amide bonds. The van der Waals surface area contributed by atoms with E-state index in [1.807, 2.05) is 13.8 Å². The molecule has 1 aromatic rings. The SMILES string of the molecule is COC(C)(C)CCOc1nc(NN)ncc1Br. The fraction of sp³-hybridized carbons (Fsp3) is 0.600.